The molecule has 3 saturated heterocycles. The lowest BCUT2D eigenvalue weighted by atomic mass is 9.82. The van der Waals surface area contributed by atoms with E-state index in [-0.39, 0.29) is 17.4 Å². The van der Waals surface area contributed by atoms with Crippen LogP contribution in [0.15, 0.2) is 36.7 Å². The van der Waals surface area contributed by atoms with Crippen molar-refractivity contribution < 1.29 is 9.59 Å². The van der Waals surface area contributed by atoms with Crippen molar-refractivity contribution in [3.8, 4) is 0 Å². The minimum absolute atomic E-state index is 0.0670. The van der Waals surface area contributed by atoms with Gasteiger partial charge in [-0.25, -0.2) is 9.97 Å². The Bertz CT molecular complexity index is 1170. The largest absolute Gasteiger partial charge is 0.343 e. The molecule has 40 heavy (non-hydrogen) atoms. The molecule has 1 aromatic carbocycles. The summed E-state index contributed by atoms with van der Waals surface area (Å²) in [4.78, 5) is 43.3. The standard InChI is InChI=1S/C32H46N6O2/c1-23-21-37(32(5)13-17-36(18-14-32)31(40)29-24(2)33-22-34-25(29)3)19-20-38(23)30(27-9-7-6-8-10-27)28-11-15-35(16-12-28)26(4)39/h6-10,22-23,28,30H,11-21H2,1-5H3/t23-,30-/m0/s1. The number of hydrogen-bond donors (Lipinski definition) is 0. The Kier molecular flexibility index (Phi) is 8.57. The second-order valence-corrected chi connectivity index (χ2v) is 12.4. The topological polar surface area (TPSA) is 72.9 Å². The molecule has 3 aliphatic rings. The average molecular weight is 547 g/mol. The van der Waals surface area contributed by atoms with Gasteiger partial charge in [0.15, 0.2) is 0 Å². The SMILES string of the molecule is CC(=O)N1CCC([C@H](c2ccccc2)N2CCN(C3(C)CCN(C(=O)c4c(C)ncnc4C)CC3)C[C@@H]2C)CC1. The van der Waals surface area contributed by atoms with E-state index in [1.807, 2.05) is 23.6 Å². The molecule has 216 valence electrons. The molecule has 2 atom stereocenters. The molecule has 0 bridgehead atoms. The predicted octanol–water partition coefficient (Wildman–Crippen LogP) is 4.09. The van der Waals surface area contributed by atoms with Gasteiger partial charge in [0.25, 0.3) is 5.91 Å². The van der Waals surface area contributed by atoms with Crippen LogP contribution in [0.1, 0.15) is 79.8 Å². The Morgan fingerprint density at radius 2 is 1.52 bits per heavy atom. The zero-order chi connectivity index (χ0) is 28.4. The molecule has 4 heterocycles. The smallest absolute Gasteiger partial charge is 0.257 e. The number of aromatic nitrogens is 2. The summed E-state index contributed by atoms with van der Waals surface area (Å²) in [6.45, 7) is 16.6. The van der Waals surface area contributed by atoms with Gasteiger partial charge in [0, 0.05) is 70.4 Å². The Hall–Kier alpha value is -2.84. The quantitative estimate of drug-likeness (QED) is 0.563. The van der Waals surface area contributed by atoms with Gasteiger partial charge in [0.1, 0.15) is 6.33 Å². The second kappa shape index (κ2) is 12.0. The van der Waals surface area contributed by atoms with Crippen LogP contribution >= 0.6 is 0 Å². The summed E-state index contributed by atoms with van der Waals surface area (Å²) in [5.74, 6) is 0.808. The van der Waals surface area contributed by atoms with Crippen molar-refractivity contribution in [3.05, 3.63) is 59.2 Å². The third kappa shape index (κ3) is 5.79. The lowest BCUT2D eigenvalue weighted by molar-refractivity contribution is -0.130. The van der Waals surface area contributed by atoms with Crippen molar-refractivity contribution in [3.63, 3.8) is 0 Å². The van der Waals surface area contributed by atoms with Crippen LogP contribution in [-0.4, -0.2) is 98.8 Å². The Balaban J connectivity index is 1.24. The monoisotopic (exact) mass is 546 g/mol. The van der Waals surface area contributed by atoms with Crippen molar-refractivity contribution in [1.82, 2.24) is 29.6 Å². The molecule has 5 rings (SSSR count). The van der Waals surface area contributed by atoms with Crippen LogP contribution in [0.25, 0.3) is 0 Å². The number of carbonyl (C=O) groups excluding carboxylic acids is 2. The molecule has 3 fully saturated rings. The first kappa shape index (κ1) is 28.7. The highest BCUT2D eigenvalue weighted by molar-refractivity contribution is 5.96. The maximum absolute atomic E-state index is 13.3. The van der Waals surface area contributed by atoms with Gasteiger partial charge in [0.05, 0.1) is 17.0 Å². The van der Waals surface area contributed by atoms with E-state index in [0.717, 1.165) is 82.9 Å². The molecule has 0 saturated carbocycles. The van der Waals surface area contributed by atoms with E-state index >= 15 is 0 Å². The molecule has 2 aromatic rings. The molecule has 2 amide bonds. The van der Waals surface area contributed by atoms with Crippen molar-refractivity contribution >= 4 is 11.8 Å². The molecule has 0 N–H and O–H groups in total. The lowest BCUT2D eigenvalue weighted by Gasteiger charge is -2.54. The third-order valence-electron chi connectivity index (χ3n) is 9.94. The van der Waals surface area contributed by atoms with Crippen LogP contribution in [-0.2, 0) is 4.79 Å². The Morgan fingerprint density at radius 1 is 0.900 bits per heavy atom. The van der Waals surface area contributed by atoms with Gasteiger partial charge in [-0.15, -0.1) is 0 Å². The lowest BCUT2D eigenvalue weighted by Crippen LogP contribution is -2.63. The van der Waals surface area contributed by atoms with Gasteiger partial charge in [0.2, 0.25) is 5.91 Å². The first-order chi connectivity index (χ1) is 19.2. The molecule has 8 nitrogen and oxygen atoms in total. The first-order valence-corrected chi connectivity index (χ1v) is 15.1. The summed E-state index contributed by atoms with van der Waals surface area (Å²) in [6.07, 6.45) is 5.59. The number of aryl methyl sites for hydroxylation is 2. The van der Waals surface area contributed by atoms with Crippen LogP contribution in [0.2, 0.25) is 0 Å². The zero-order valence-electron chi connectivity index (χ0n) is 25.0. The fraction of sp³-hybridized carbons (Fsp3) is 0.625. The van der Waals surface area contributed by atoms with Gasteiger partial charge >= 0.3 is 0 Å². The van der Waals surface area contributed by atoms with E-state index in [9.17, 15) is 9.59 Å². The molecular weight excluding hydrogens is 500 g/mol. The van der Waals surface area contributed by atoms with E-state index in [1.54, 1.807) is 6.92 Å². The van der Waals surface area contributed by atoms with E-state index in [2.05, 4.69) is 63.9 Å². The summed E-state index contributed by atoms with van der Waals surface area (Å²) < 4.78 is 0. The van der Waals surface area contributed by atoms with Crippen molar-refractivity contribution in [2.24, 2.45) is 5.92 Å². The number of nitrogens with zero attached hydrogens (tertiary/aromatic N) is 6. The van der Waals surface area contributed by atoms with Crippen LogP contribution in [0.3, 0.4) is 0 Å². The van der Waals surface area contributed by atoms with E-state index < -0.39 is 0 Å². The maximum Gasteiger partial charge on any atom is 0.257 e. The molecular formula is C32H46N6O2. The first-order valence-electron chi connectivity index (χ1n) is 15.1. The van der Waals surface area contributed by atoms with Crippen molar-refractivity contribution in [1.29, 1.82) is 0 Å². The molecule has 3 aliphatic heterocycles. The van der Waals surface area contributed by atoms with Gasteiger partial charge in [-0.05, 0) is 64.9 Å². The molecule has 8 heteroatoms. The summed E-state index contributed by atoms with van der Waals surface area (Å²) >= 11 is 0. The van der Waals surface area contributed by atoms with E-state index in [0.29, 0.717) is 23.6 Å². The molecule has 1 aromatic heterocycles. The highest BCUT2D eigenvalue weighted by Crippen LogP contribution is 2.39. The second-order valence-electron chi connectivity index (χ2n) is 12.4. The minimum Gasteiger partial charge on any atom is -0.343 e. The van der Waals surface area contributed by atoms with Crippen LogP contribution in [0.5, 0.6) is 0 Å². The van der Waals surface area contributed by atoms with E-state index in [1.165, 1.54) is 11.9 Å². The number of piperazine rings is 1. The Morgan fingerprint density at radius 3 is 2.10 bits per heavy atom. The number of likely N-dealkylation sites (tertiary alicyclic amines) is 2. The molecule has 0 spiro atoms. The van der Waals surface area contributed by atoms with Crippen LogP contribution in [0.4, 0.5) is 0 Å². The van der Waals surface area contributed by atoms with Crippen LogP contribution in [0, 0.1) is 19.8 Å². The summed E-state index contributed by atoms with van der Waals surface area (Å²) in [7, 11) is 0. The highest BCUT2D eigenvalue weighted by atomic mass is 16.2. The van der Waals surface area contributed by atoms with Gasteiger partial charge < -0.3 is 9.80 Å². The fourth-order valence-electron chi connectivity index (χ4n) is 7.36. The predicted molar refractivity (Wildman–Crippen MR) is 157 cm³/mol. The number of benzene rings is 1. The fourth-order valence-corrected chi connectivity index (χ4v) is 7.36. The molecule has 0 radical (unpaired) electrons. The molecule has 0 unspecified atom stereocenters. The Labute approximate surface area is 239 Å². The normalized spacial score (nSPS) is 23.7. The highest BCUT2D eigenvalue weighted by Gasteiger charge is 2.43. The third-order valence-corrected chi connectivity index (χ3v) is 9.94. The van der Waals surface area contributed by atoms with Crippen molar-refractivity contribution in [2.45, 2.75) is 77.9 Å². The van der Waals surface area contributed by atoms with Gasteiger partial charge in [-0.3, -0.25) is 19.4 Å². The number of carbonyl (C=O) groups is 2. The van der Waals surface area contributed by atoms with Crippen molar-refractivity contribution in [2.75, 3.05) is 45.8 Å². The number of hydrogen-bond acceptors (Lipinski definition) is 6. The summed E-state index contributed by atoms with van der Waals surface area (Å²) in [5.41, 5.74) is 3.67. The average Bonchev–Trinajstić information content (AvgIpc) is 2.95. The van der Waals surface area contributed by atoms with E-state index in [4.69, 9.17) is 0 Å². The number of amides is 2. The summed E-state index contributed by atoms with van der Waals surface area (Å²) in [5, 5.41) is 0. The maximum atomic E-state index is 13.3. The molecule has 0 aliphatic carbocycles. The summed E-state index contributed by atoms with van der Waals surface area (Å²) in [6, 6.07) is 11.8. The van der Waals surface area contributed by atoms with Gasteiger partial charge in [-0.2, -0.15) is 0 Å². The number of rotatable bonds is 5. The minimum atomic E-state index is 0.0670. The van der Waals surface area contributed by atoms with Crippen LogP contribution < -0.4 is 0 Å². The van der Waals surface area contributed by atoms with Gasteiger partial charge in [-0.1, -0.05) is 30.3 Å². The zero-order valence-corrected chi connectivity index (χ0v) is 25.0. The number of piperidine rings is 2.